The Kier molecular flexibility index (Phi) is 9.25. The lowest BCUT2D eigenvalue weighted by molar-refractivity contribution is -0.139. The van der Waals surface area contributed by atoms with Gasteiger partial charge in [0, 0.05) is 22.5 Å². The van der Waals surface area contributed by atoms with Gasteiger partial charge in [-0.2, -0.15) is 5.26 Å². The summed E-state index contributed by atoms with van der Waals surface area (Å²) in [6, 6.07) is 6.11. The van der Waals surface area contributed by atoms with Gasteiger partial charge >= 0.3 is 0 Å². The lowest BCUT2D eigenvalue weighted by atomic mass is 10.0. The lowest BCUT2D eigenvalue weighted by Gasteiger charge is -2.31. The fourth-order valence-electron chi connectivity index (χ4n) is 3.99. The number of H-pyrrole nitrogens is 1. The maximum atomic E-state index is 14.1. The Bertz CT molecular complexity index is 1230. The summed E-state index contributed by atoms with van der Waals surface area (Å²) in [7, 11) is 0. The first-order chi connectivity index (χ1) is 17.2. The highest BCUT2D eigenvalue weighted by Crippen LogP contribution is 2.20. The van der Waals surface area contributed by atoms with Crippen molar-refractivity contribution in [1.82, 2.24) is 20.5 Å². The smallest absolute Gasteiger partial charge is 0.268 e. The molecule has 0 aliphatic carbocycles. The number of nitrogens with one attached hydrogen (secondary N) is 3. The molecule has 190 valence electrons. The Balaban J connectivity index is 1.86. The number of rotatable bonds is 5. The standard InChI is InChI=1S/C26H29ClFN5O3/c1-16(2)12-23(32-25(35)22-13-19-20(28)8-5-9-21(19)31-22)26(36)33-15-24(34)30-11-10-17(27)6-3-4-7-18(33)14-29/h3,5-6,8-10,13,16,18,23,31H,4,7,11-12,15H2,1-2H3,(H,30,34)(H,32,35)/b6-3-,17-10+/t18-,23-/m0/s1. The van der Waals surface area contributed by atoms with Gasteiger partial charge in [0.15, 0.2) is 0 Å². The molecule has 0 saturated heterocycles. The number of amides is 3. The molecule has 0 fully saturated rings. The Morgan fingerprint density at radius 2 is 2.14 bits per heavy atom. The zero-order chi connectivity index (χ0) is 26.2. The number of fused-ring (bicyclic) bond motifs is 1. The lowest BCUT2D eigenvalue weighted by Crippen LogP contribution is -2.54. The molecule has 0 spiro atoms. The van der Waals surface area contributed by atoms with E-state index in [4.69, 9.17) is 11.6 Å². The van der Waals surface area contributed by atoms with Crippen LogP contribution < -0.4 is 10.6 Å². The number of benzene rings is 1. The number of nitrogens with zero attached hydrogens (tertiary/aromatic N) is 2. The van der Waals surface area contributed by atoms with Crippen LogP contribution in [0.15, 0.2) is 47.5 Å². The highest BCUT2D eigenvalue weighted by Gasteiger charge is 2.33. The molecule has 2 aromatic rings. The summed E-state index contributed by atoms with van der Waals surface area (Å²) in [5, 5.41) is 15.9. The molecule has 1 aliphatic rings. The Labute approximate surface area is 214 Å². The number of hydrogen-bond acceptors (Lipinski definition) is 4. The van der Waals surface area contributed by atoms with Gasteiger partial charge in [0.1, 0.15) is 30.1 Å². The third kappa shape index (κ3) is 6.95. The van der Waals surface area contributed by atoms with Gasteiger partial charge in [-0.1, -0.05) is 37.6 Å². The number of nitriles is 1. The highest BCUT2D eigenvalue weighted by atomic mass is 35.5. The summed E-state index contributed by atoms with van der Waals surface area (Å²) in [6.07, 6.45) is 6.16. The van der Waals surface area contributed by atoms with Gasteiger partial charge in [-0.15, -0.1) is 0 Å². The molecule has 10 heteroatoms. The molecule has 0 bridgehead atoms. The molecule has 1 aliphatic heterocycles. The van der Waals surface area contributed by atoms with E-state index in [9.17, 15) is 24.0 Å². The fraction of sp³-hybridized carbons (Fsp3) is 0.385. The second-order valence-corrected chi connectivity index (χ2v) is 9.46. The maximum absolute atomic E-state index is 14.1. The number of aromatic amines is 1. The van der Waals surface area contributed by atoms with Crippen molar-refractivity contribution in [3.8, 4) is 6.07 Å². The van der Waals surface area contributed by atoms with E-state index in [2.05, 4.69) is 21.7 Å². The minimum Gasteiger partial charge on any atom is -0.351 e. The quantitative estimate of drug-likeness (QED) is 0.564. The number of carbonyl (C=O) groups excluding carboxylic acids is 3. The Hall–Kier alpha value is -3.64. The molecule has 0 saturated carbocycles. The van der Waals surface area contributed by atoms with Crippen molar-refractivity contribution in [2.24, 2.45) is 5.92 Å². The van der Waals surface area contributed by atoms with Crippen LogP contribution in [0.5, 0.6) is 0 Å². The third-order valence-corrected chi connectivity index (χ3v) is 6.05. The van der Waals surface area contributed by atoms with Gasteiger partial charge < -0.3 is 20.5 Å². The average molecular weight is 514 g/mol. The van der Waals surface area contributed by atoms with Gasteiger partial charge in [-0.3, -0.25) is 14.4 Å². The molecule has 3 N–H and O–H groups in total. The number of allylic oxidation sites excluding steroid dienone is 3. The van der Waals surface area contributed by atoms with E-state index in [0.717, 1.165) is 0 Å². The first-order valence-electron chi connectivity index (χ1n) is 11.8. The summed E-state index contributed by atoms with van der Waals surface area (Å²) in [6.45, 7) is 3.63. The van der Waals surface area contributed by atoms with Crippen LogP contribution in [-0.2, 0) is 9.59 Å². The van der Waals surface area contributed by atoms with E-state index in [0.29, 0.717) is 23.4 Å². The number of halogens is 2. The van der Waals surface area contributed by atoms with Crippen LogP contribution in [0.4, 0.5) is 4.39 Å². The molecule has 36 heavy (non-hydrogen) atoms. The number of aromatic nitrogens is 1. The van der Waals surface area contributed by atoms with E-state index >= 15 is 0 Å². The van der Waals surface area contributed by atoms with Crippen LogP contribution in [-0.4, -0.2) is 52.8 Å². The van der Waals surface area contributed by atoms with E-state index in [-0.39, 0.29) is 36.5 Å². The molecule has 0 radical (unpaired) electrons. The van der Waals surface area contributed by atoms with Crippen LogP contribution in [0.25, 0.3) is 10.9 Å². The van der Waals surface area contributed by atoms with Gasteiger partial charge in [0.25, 0.3) is 5.91 Å². The van der Waals surface area contributed by atoms with Crippen molar-refractivity contribution in [2.45, 2.75) is 45.2 Å². The van der Waals surface area contributed by atoms with E-state index in [1.54, 1.807) is 24.3 Å². The molecule has 0 unspecified atom stereocenters. The van der Waals surface area contributed by atoms with Crippen molar-refractivity contribution in [1.29, 1.82) is 5.26 Å². The minimum absolute atomic E-state index is 0.0245. The Morgan fingerprint density at radius 3 is 2.83 bits per heavy atom. The zero-order valence-corrected chi connectivity index (χ0v) is 20.9. The van der Waals surface area contributed by atoms with Crippen molar-refractivity contribution in [3.05, 3.63) is 59.0 Å². The SMILES string of the molecule is CC(C)C[C@H](NC(=O)c1cc2c(F)cccc2[nH]1)C(=O)N1CC(=O)NC/C=C(Cl)\C=C/CC[C@H]1C#N. The van der Waals surface area contributed by atoms with E-state index in [1.807, 2.05) is 13.8 Å². The molecule has 3 rings (SSSR count). The molecular weight excluding hydrogens is 485 g/mol. The molecule has 8 nitrogen and oxygen atoms in total. The number of hydrogen-bond donors (Lipinski definition) is 3. The predicted octanol–water partition coefficient (Wildman–Crippen LogP) is 3.76. The summed E-state index contributed by atoms with van der Waals surface area (Å²) in [5.74, 6) is -2.01. The largest absolute Gasteiger partial charge is 0.351 e. The van der Waals surface area contributed by atoms with Gasteiger partial charge in [0.2, 0.25) is 11.8 Å². The van der Waals surface area contributed by atoms with Crippen LogP contribution >= 0.6 is 11.6 Å². The summed E-state index contributed by atoms with van der Waals surface area (Å²) >= 11 is 6.06. The third-order valence-electron chi connectivity index (χ3n) is 5.77. The molecule has 2 atom stereocenters. The monoisotopic (exact) mass is 513 g/mol. The van der Waals surface area contributed by atoms with Gasteiger partial charge in [-0.25, -0.2) is 4.39 Å². The highest BCUT2D eigenvalue weighted by molar-refractivity contribution is 6.31. The molecular formula is C26H29ClFN5O3. The van der Waals surface area contributed by atoms with Crippen molar-refractivity contribution < 1.29 is 18.8 Å². The summed E-state index contributed by atoms with van der Waals surface area (Å²) < 4.78 is 14.1. The fourth-order valence-corrected chi connectivity index (χ4v) is 4.16. The molecule has 3 amide bonds. The summed E-state index contributed by atoms with van der Waals surface area (Å²) in [5.41, 5.74) is 0.562. The van der Waals surface area contributed by atoms with Crippen LogP contribution in [0.1, 0.15) is 43.6 Å². The minimum atomic E-state index is -0.991. The average Bonchev–Trinajstić information content (AvgIpc) is 3.27. The van der Waals surface area contributed by atoms with E-state index < -0.39 is 35.6 Å². The molecule has 2 heterocycles. The van der Waals surface area contributed by atoms with Gasteiger partial charge in [-0.05, 0) is 55.5 Å². The molecule has 1 aromatic heterocycles. The van der Waals surface area contributed by atoms with Crippen LogP contribution in [0.2, 0.25) is 0 Å². The van der Waals surface area contributed by atoms with E-state index in [1.165, 1.54) is 23.1 Å². The second kappa shape index (κ2) is 12.4. The second-order valence-electron chi connectivity index (χ2n) is 9.02. The number of carbonyl (C=O) groups is 3. The first-order valence-corrected chi connectivity index (χ1v) is 12.1. The van der Waals surface area contributed by atoms with Crippen molar-refractivity contribution >= 4 is 40.2 Å². The Morgan fingerprint density at radius 1 is 1.36 bits per heavy atom. The first kappa shape index (κ1) is 27.0. The van der Waals surface area contributed by atoms with Crippen molar-refractivity contribution in [3.63, 3.8) is 0 Å². The predicted molar refractivity (Wildman–Crippen MR) is 135 cm³/mol. The normalized spacial score (nSPS) is 20.3. The van der Waals surface area contributed by atoms with Gasteiger partial charge in [0.05, 0.1) is 6.07 Å². The van der Waals surface area contributed by atoms with Crippen molar-refractivity contribution in [2.75, 3.05) is 13.1 Å². The molecule has 1 aromatic carbocycles. The van der Waals surface area contributed by atoms with Crippen LogP contribution in [0.3, 0.4) is 0 Å². The summed E-state index contributed by atoms with van der Waals surface area (Å²) in [4.78, 5) is 43.4. The zero-order valence-electron chi connectivity index (χ0n) is 20.2. The maximum Gasteiger partial charge on any atom is 0.268 e. The topological polar surface area (TPSA) is 118 Å². The van der Waals surface area contributed by atoms with Crippen LogP contribution in [0, 0.1) is 23.1 Å².